The molecule has 1 heterocycles. The Morgan fingerprint density at radius 2 is 0.982 bits per heavy atom. The van der Waals surface area contributed by atoms with Gasteiger partial charge in [0, 0.05) is 0 Å². The minimum Gasteiger partial charge on any atom is -0.459 e. The number of carbonyl (C=O) groups excluding carboxylic acids is 5. The van der Waals surface area contributed by atoms with Crippen LogP contribution in [0.4, 0.5) is 4.79 Å². The molecule has 0 aliphatic carbocycles. The van der Waals surface area contributed by atoms with Crippen molar-refractivity contribution >= 4 is 36.1 Å². The molecular weight excluding hydrogens is 706 g/mol. The smallest absolute Gasteiger partial charge is 0.338 e. The molecule has 1 fully saturated rings. The molecule has 1 aliphatic rings. The van der Waals surface area contributed by atoms with Crippen LogP contribution in [0.25, 0.3) is 0 Å². The summed E-state index contributed by atoms with van der Waals surface area (Å²) < 4.78 is 30.7. The first-order valence-corrected chi connectivity index (χ1v) is 17.1. The summed E-state index contributed by atoms with van der Waals surface area (Å²) >= 11 is 0. The van der Waals surface area contributed by atoms with E-state index in [0.29, 0.717) is 11.1 Å². The molecule has 5 aromatic carbocycles. The van der Waals surface area contributed by atoms with E-state index >= 15 is 0 Å². The molecule has 1 saturated heterocycles. The summed E-state index contributed by atoms with van der Waals surface area (Å²) in [7, 11) is 0. The van der Waals surface area contributed by atoms with Gasteiger partial charge in [-0.15, -0.1) is 0 Å². The van der Waals surface area contributed by atoms with Gasteiger partial charge in [0.05, 0.1) is 28.5 Å². The van der Waals surface area contributed by atoms with E-state index in [2.05, 4.69) is 10.5 Å². The third kappa shape index (κ3) is 9.86. The molecule has 278 valence electrons. The number of hydrazone groups is 1. The Morgan fingerprint density at radius 3 is 1.44 bits per heavy atom. The van der Waals surface area contributed by atoms with Gasteiger partial charge >= 0.3 is 29.9 Å². The summed E-state index contributed by atoms with van der Waals surface area (Å²) in [4.78, 5) is 65.6. The van der Waals surface area contributed by atoms with E-state index < -0.39 is 67.0 Å². The second-order valence-electron chi connectivity index (χ2n) is 12.2. The Kier molecular flexibility index (Phi) is 12.4. The Bertz CT molecular complexity index is 2120. The van der Waals surface area contributed by atoms with Gasteiger partial charge in [0.2, 0.25) is 0 Å². The van der Waals surface area contributed by atoms with Gasteiger partial charge in [-0.1, -0.05) is 97.1 Å². The summed E-state index contributed by atoms with van der Waals surface area (Å²) in [6.07, 6.45) is -5.48. The highest BCUT2D eigenvalue weighted by atomic mass is 16.7. The van der Waals surface area contributed by atoms with Gasteiger partial charge in [0.1, 0.15) is 18.8 Å². The van der Waals surface area contributed by atoms with Crippen LogP contribution in [-0.2, 0) is 23.7 Å². The van der Waals surface area contributed by atoms with Crippen LogP contribution in [0, 0.1) is 0 Å². The van der Waals surface area contributed by atoms with E-state index in [1.54, 1.807) is 146 Å². The number of nitrogens with two attached hydrogens (primary N) is 1. The second-order valence-corrected chi connectivity index (χ2v) is 12.2. The maximum atomic E-state index is 13.8. The number of carbonyl (C=O) groups is 5. The van der Waals surface area contributed by atoms with Crippen LogP contribution in [0.15, 0.2) is 151 Å². The molecule has 0 bridgehead atoms. The zero-order valence-corrected chi connectivity index (χ0v) is 29.1. The Labute approximate surface area is 315 Å². The Morgan fingerprint density at radius 1 is 0.564 bits per heavy atom. The number of rotatable bonds is 12. The van der Waals surface area contributed by atoms with E-state index in [4.69, 9.17) is 29.4 Å². The summed E-state index contributed by atoms with van der Waals surface area (Å²) in [6.45, 7) is -0.459. The average Bonchev–Trinajstić information content (AvgIpc) is 3.22. The van der Waals surface area contributed by atoms with Crippen LogP contribution in [-0.4, -0.2) is 67.1 Å². The quantitative estimate of drug-likeness (QED) is 0.0701. The van der Waals surface area contributed by atoms with Crippen molar-refractivity contribution in [1.82, 2.24) is 5.43 Å². The van der Waals surface area contributed by atoms with Crippen LogP contribution in [0.1, 0.15) is 58.7 Å². The molecule has 5 atom stereocenters. The minimum atomic E-state index is -1.51. The van der Waals surface area contributed by atoms with Crippen LogP contribution < -0.4 is 11.2 Å². The lowest BCUT2D eigenvalue weighted by Gasteiger charge is -2.45. The zero-order valence-electron chi connectivity index (χ0n) is 29.1. The van der Waals surface area contributed by atoms with Crippen LogP contribution in [0.3, 0.4) is 0 Å². The molecule has 1 aliphatic heterocycles. The molecule has 13 heteroatoms. The monoisotopic (exact) mass is 741 g/mol. The highest BCUT2D eigenvalue weighted by molar-refractivity contribution is 5.91. The Balaban J connectivity index is 1.43. The van der Waals surface area contributed by atoms with E-state index in [1.807, 2.05) is 0 Å². The molecule has 0 radical (unpaired) electrons. The van der Waals surface area contributed by atoms with Gasteiger partial charge in [0.15, 0.2) is 18.3 Å². The van der Waals surface area contributed by atoms with Gasteiger partial charge in [0.25, 0.3) is 0 Å². The summed E-state index contributed by atoms with van der Waals surface area (Å²) in [5.74, 6) is -3.06. The molecule has 0 saturated carbocycles. The van der Waals surface area contributed by atoms with Crippen molar-refractivity contribution in [2.45, 2.75) is 30.5 Å². The lowest BCUT2D eigenvalue weighted by atomic mass is 9.90. The highest BCUT2D eigenvalue weighted by Gasteiger charge is 2.53. The van der Waals surface area contributed by atoms with Crippen LogP contribution in [0.5, 0.6) is 0 Å². The maximum Gasteiger partial charge on any atom is 0.338 e. The molecule has 3 N–H and O–H groups in total. The van der Waals surface area contributed by atoms with Gasteiger partial charge < -0.3 is 29.4 Å². The van der Waals surface area contributed by atoms with E-state index in [1.165, 1.54) is 6.21 Å². The molecule has 0 spiro atoms. The van der Waals surface area contributed by atoms with Gasteiger partial charge in [-0.05, 0) is 59.7 Å². The number of primary amides is 1. The van der Waals surface area contributed by atoms with Gasteiger partial charge in [-0.2, -0.15) is 5.10 Å². The number of benzene rings is 5. The van der Waals surface area contributed by atoms with Crippen molar-refractivity contribution in [2.24, 2.45) is 10.8 Å². The highest BCUT2D eigenvalue weighted by Crippen LogP contribution is 2.39. The fourth-order valence-corrected chi connectivity index (χ4v) is 5.78. The molecule has 0 aromatic heterocycles. The molecule has 0 unspecified atom stereocenters. The van der Waals surface area contributed by atoms with Gasteiger partial charge in [-0.3, -0.25) is 0 Å². The number of nitrogens with zero attached hydrogens (tertiary/aromatic N) is 1. The summed E-state index contributed by atoms with van der Waals surface area (Å²) in [5, 5.41) is 3.78. The number of ether oxygens (including phenoxy) is 5. The van der Waals surface area contributed by atoms with Crippen molar-refractivity contribution in [3.8, 4) is 0 Å². The van der Waals surface area contributed by atoms with Crippen molar-refractivity contribution in [2.75, 3.05) is 6.61 Å². The molecule has 6 rings (SSSR count). The largest absolute Gasteiger partial charge is 0.459 e. The number of esters is 4. The SMILES string of the molecule is NC(=O)NN=Cc1ccc([C@@H]2O[C@H](COC(=O)c3ccccc3)[C@@H](OC(=O)c3ccccc3)[C@@H](OC(=O)c3ccccc3)[C@H]2OC(=O)c2ccccc2)cc1. The van der Waals surface area contributed by atoms with Gasteiger partial charge in [-0.25, -0.2) is 29.4 Å². The van der Waals surface area contributed by atoms with Crippen molar-refractivity contribution in [1.29, 1.82) is 0 Å². The van der Waals surface area contributed by atoms with Crippen LogP contribution in [0.2, 0.25) is 0 Å². The van der Waals surface area contributed by atoms with E-state index in [0.717, 1.165) is 0 Å². The fraction of sp³-hybridized carbons (Fsp3) is 0.143. The number of urea groups is 1. The van der Waals surface area contributed by atoms with Crippen molar-refractivity contribution < 1.29 is 47.7 Å². The third-order valence-electron chi connectivity index (χ3n) is 8.43. The first kappa shape index (κ1) is 37.6. The van der Waals surface area contributed by atoms with Crippen molar-refractivity contribution in [3.63, 3.8) is 0 Å². The predicted molar refractivity (Wildman–Crippen MR) is 198 cm³/mol. The standard InChI is InChI=1S/C42H35N3O10/c43-42(50)45-44-25-27-21-23-28(24-22-27)34-36(54-40(48)31-17-9-3-10-18-31)37(55-41(49)32-19-11-4-12-20-32)35(53-39(47)30-15-7-2-8-16-30)33(52-34)26-51-38(46)29-13-5-1-6-14-29/h1-25,33-37H,26H2,(H3,43,45,50)/t33-,34+,35-,36+,37-/m1/s1. The van der Waals surface area contributed by atoms with Crippen molar-refractivity contribution in [3.05, 3.63) is 179 Å². The third-order valence-corrected chi connectivity index (χ3v) is 8.43. The lowest BCUT2D eigenvalue weighted by molar-refractivity contribution is -0.231. The zero-order chi connectivity index (χ0) is 38.6. The van der Waals surface area contributed by atoms with E-state index in [-0.39, 0.29) is 22.3 Å². The number of hydrogen-bond donors (Lipinski definition) is 2. The molecule has 55 heavy (non-hydrogen) atoms. The normalized spacial score (nSPS) is 19.1. The number of amides is 2. The first-order chi connectivity index (χ1) is 26.8. The topological polar surface area (TPSA) is 182 Å². The number of hydrogen-bond acceptors (Lipinski definition) is 11. The average molecular weight is 742 g/mol. The number of nitrogens with one attached hydrogen (secondary N) is 1. The first-order valence-electron chi connectivity index (χ1n) is 17.1. The molecule has 13 nitrogen and oxygen atoms in total. The van der Waals surface area contributed by atoms with E-state index in [9.17, 15) is 24.0 Å². The second kappa shape index (κ2) is 18.1. The lowest BCUT2D eigenvalue weighted by Crippen LogP contribution is -2.59. The minimum absolute atomic E-state index is 0.173. The maximum absolute atomic E-state index is 13.8. The fourth-order valence-electron chi connectivity index (χ4n) is 5.78. The summed E-state index contributed by atoms with van der Waals surface area (Å²) in [5.41, 5.74) is 9.03. The molecule has 5 aromatic rings. The predicted octanol–water partition coefficient (Wildman–Crippen LogP) is 5.66. The molecular formula is C42H35N3O10. The summed E-state index contributed by atoms with van der Waals surface area (Å²) in [6, 6.07) is 38.4. The Hall–Kier alpha value is -7.12. The molecule has 2 amide bonds. The van der Waals surface area contributed by atoms with Crippen LogP contribution >= 0.6 is 0 Å².